The molecule has 10 heteroatoms. The third-order valence-electron chi connectivity index (χ3n) is 5.47. The van der Waals surface area contributed by atoms with Crippen molar-refractivity contribution in [3.05, 3.63) is 53.9 Å². The highest BCUT2D eigenvalue weighted by atomic mass is 35.5. The molecule has 36 heavy (non-hydrogen) atoms. The van der Waals surface area contributed by atoms with Crippen LogP contribution in [0.25, 0.3) is 0 Å². The molecule has 1 aromatic carbocycles. The van der Waals surface area contributed by atoms with Crippen LogP contribution in [0.5, 0.6) is 0 Å². The van der Waals surface area contributed by atoms with Gasteiger partial charge in [0.25, 0.3) is 0 Å². The van der Waals surface area contributed by atoms with Crippen molar-refractivity contribution in [2.75, 3.05) is 35.1 Å². The van der Waals surface area contributed by atoms with Crippen LogP contribution in [0, 0.1) is 0 Å². The van der Waals surface area contributed by atoms with Crippen LogP contribution >= 0.6 is 46.3 Å². The molecule has 196 valence electrons. The second kappa shape index (κ2) is 14.3. The fourth-order valence-corrected chi connectivity index (χ4v) is 5.67. The number of hydrogen-bond donors (Lipinski definition) is 1. The normalized spacial score (nSPS) is 11.6. The highest BCUT2D eigenvalue weighted by Crippen LogP contribution is 2.32. The zero-order chi connectivity index (χ0) is 26.0. The molecule has 0 aliphatic heterocycles. The van der Waals surface area contributed by atoms with Crippen molar-refractivity contribution in [2.45, 2.75) is 61.8 Å². The first-order valence-corrected chi connectivity index (χ1v) is 14.9. The second-order valence-electron chi connectivity index (χ2n) is 9.43. The van der Waals surface area contributed by atoms with E-state index in [0.29, 0.717) is 35.0 Å². The van der Waals surface area contributed by atoms with Gasteiger partial charge in [0.2, 0.25) is 11.8 Å². The number of rotatable bonds is 14. The van der Waals surface area contributed by atoms with Crippen molar-refractivity contribution in [3.8, 4) is 0 Å². The van der Waals surface area contributed by atoms with E-state index in [-0.39, 0.29) is 11.3 Å². The fourth-order valence-electron chi connectivity index (χ4n) is 3.52. The molecule has 0 saturated heterocycles. The maximum absolute atomic E-state index is 12.4. The smallest absolute Gasteiger partial charge is 0.226 e. The summed E-state index contributed by atoms with van der Waals surface area (Å²) < 4.78 is 6.85. The van der Waals surface area contributed by atoms with Gasteiger partial charge >= 0.3 is 0 Å². The van der Waals surface area contributed by atoms with Crippen molar-refractivity contribution >= 4 is 63.0 Å². The molecular formula is C26H34Cl2N4O2S2. The minimum atomic E-state index is -0.0580. The Morgan fingerprint density at radius 1 is 1.14 bits per heavy atom. The zero-order valence-corrected chi connectivity index (χ0v) is 24.2. The number of carbonyl (C=O) groups excluding carboxylic acids is 1. The summed E-state index contributed by atoms with van der Waals surface area (Å²) in [6, 6.07) is 8.47. The van der Waals surface area contributed by atoms with E-state index in [1.807, 2.05) is 0 Å². The number of oxazole rings is 1. The number of carbonyl (C=O) groups is 1. The van der Waals surface area contributed by atoms with Gasteiger partial charge in [0.15, 0.2) is 5.13 Å². The average Bonchev–Trinajstić information content (AvgIpc) is 3.50. The van der Waals surface area contributed by atoms with Gasteiger partial charge in [-0.05, 0) is 37.0 Å². The third kappa shape index (κ3) is 9.29. The molecule has 0 fully saturated rings. The molecule has 1 N–H and O–H groups in total. The highest BCUT2D eigenvalue weighted by Gasteiger charge is 2.19. The van der Waals surface area contributed by atoms with Gasteiger partial charge < -0.3 is 14.6 Å². The first-order chi connectivity index (χ1) is 17.3. The number of alkyl halides is 2. The van der Waals surface area contributed by atoms with Crippen LogP contribution in [0.15, 0.2) is 45.3 Å². The molecule has 0 aliphatic carbocycles. The summed E-state index contributed by atoms with van der Waals surface area (Å²) in [5, 5.41) is 3.54. The fraction of sp³-hybridized carbons (Fsp3) is 0.500. The van der Waals surface area contributed by atoms with Crippen LogP contribution < -0.4 is 10.2 Å². The molecule has 3 aromatic rings. The molecule has 0 radical (unpaired) electrons. The van der Waals surface area contributed by atoms with Gasteiger partial charge in [-0.25, -0.2) is 9.97 Å². The molecule has 0 spiro atoms. The maximum Gasteiger partial charge on any atom is 0.226 e. The number of aryl methyl sites for hydroxylation is 1. The highest BCUT2D eigenvalue weighted by molar-refractivity contribution is 8.00. The van der Waals surface area contributed by atoms with E-state index < -0.39 is 0 Å². The number of nitrogens with one attached hydrogen (secondary N) is 1. The molecule has 6 nitrogen and oxygen atoms in total. The number of thiazole rings is 1. The Morgan fingerprint density at radius 3 is 2.61 bits per heavy atom. The largest absolute Gasteiger partial charge is 0.444 e. The number of anilines is 2. The van der Waals surface area contributed by atoms with Crippen LogP contribution in [-0.4, -0.2) is 40.7 Å². The van der Waals surface area contributed by atoms with E-state index in [9.17, 15) is 4.79 Å². The number of unbranched alkanes of at least 4 members (excludes halogenated alkanes) is 1. The molecule has 0 saturated carbocycles. The molecule has 0 unspecified atom stereocenters. The predicted molar refractivity (Wildman–Crippen MR) is 153 cm³/mol. The second-order valence-corrected chi connectivity index (χ2v) is 12.5. The van der Waals surface area contributed by atoms with Gasteiger partial charge in [-0.2, -0.15) is 0 Å². The van der Waals surface area contributed by atoms with E-state index in [1.165, 1.54) is 16.9 Å². The van der Waals surface area contributed by atoms with Crippen LogP contribution in [0.2, 0.25) is 0 Å². The van der Waals surface area contributed by atoms with Crippen molar-refractivity contribution in [1.29, 1.82) is 0 Å². The molecule has 0 aliphatic rings. The first kappa shape index (κ1) is 28.8. The van der Waals surface area contributed by atoms with Crippen molar-refractivity contribution in [1.82, 2.24) is 9.97 Å². The predicted octanol–water partition coefficient (Wildman–Crippen LogP) is 7.36. The molecule has 1 amide bonds. The standard InChI is InChI=1S/C26H34Cl2N4O2S2/c1-26(2,3)21-16-29-23(34-21)18-35-24-17-30-25(36-24)31-22(33)10-5-4-7-19-8-6-9-20(15-19)32(13-11-27)14-12-28/h6,8-9,15-17H,4-5,7,10-14,18H2,1-3H3,(H,30,31,33). The Balaban J connectivity index is 1.38. The van der Waals surface area contributed by atoms with E-state index in [4.69, 9.17) is 27.6 Å². The monoisotopic (exact) mass is 568 g/mol. The van der Waals surface area contributed by atoms with E-state index in [2.05, 4.69) is 65.2 Å². The van der Waals surface area contributed by atoms with Crippen LogP contribution in [0.4, 0.5) is 10.8 Å². The Hall–Kier alpha value is -1.74. The number of halogens is 2. The minimum absolute atomic E-state index is 0.00688. The Bertz CT molecular complexity index is 1090. The average molecular weight is 570 g/mol. The number of benzene rings is 1. The lowest BCUT2D eigenvalue weighted by atomic mass is 9.94. The number of amides is 1. The van der Waals surface area contributed by atoms with Crippen molar-refractivity contribution < 1.29 is 9.21 Å². The van der Waals surface area contributed by atoms with Crippen molar-refractivity contribution in [2.24, 2.45) is 0 Å². The lowest BCUT2D eigenvalue weighted by Crippen LogP contribution is -2.27. The summed E-state index contributed by atoms with van der Waals surface area (Å²) in [4.78, 5) is 23.3. The number of thioether (sulfide) groups is 1. The van der Waals surface area contributed by atoms with Crippen LogP contribution in [0.1, 0.15) is 57.2 Å². The Morgan fingerprint density at radius 2 is 1.92 bits per heavy atom. The van der Waals surface area contributed by atoms with Crippen molar-refractivity contribution in [3.63, 3.8) is 0 Å². The number of hydrogen-bond acceptors (Lipinski definition) is 7. The summed E-state index contributed by atoms with van der Waals surface area (Å²) in [5.74, 6) is 3.32. The van der Waals surface area contributed by atoms with Gasteiger partial charge in [-0.1, -0.05) is 44.2 Å². The third-order valence-corrected chi connectivity index (χ3v) is 7.90. The summed E-state index contributed by atoms with van der Waals surface area (Å²) in [7, 11) is 0. The van der Waals surface area contributed by atoms with Gasteiger partial charge in [0, 0.05) is 42.4 Å². The van der Waals surface area contributed by atoms with Gasteiger partial charge in [0.05, 0.1) is 22.4 Å². The van der Waals surface area contributed by atoms with Gasteiger partial charge in [-0.3, -0.25) is 4.79 Å². The molecule has 2 heterocycles. The number of aromatic nitrogens is 2. The molecular weight excluding hydrogens is 535 g/mol. The Kier molecular flexibility index (Phi) is 11.4. The summed E-state index contributed by atoms with van der Waals surface area (Å²) in [5.41, 5.74) is 2.34. The topological polar surface area (TPSA) is 71.3 Å². The van der Waals surface area contributed by atoms with Crippen LogP contribution in [0.3, 0.4) is 0 Å². The molecule has 0 bridgehead atoms. The summed E-state index contributed by atoms with van der Waals surface area (Å²) in [6.07, 6.45) is 6.72. The van der Waals surface area contributed by atoms with Gasteiger partial charge in [0.1, 0.15) is 5.76 Å². The van der Waals surface area contributed by atoms with Crippen LogP contribution in [-0.2, 0) is 22.4 Å². The minimum Gasteiger partial charge on any atom is -0.444 e. The lowest BCUT2D eigenvalue weighted by Gasteiger charge is -2.23. The molecule has 3 rings (SSSR count). The van der Waals surface area contributed by atoms with Gasteiger partial charge in [-0.15, -0.1) is 35.0 Å². The number of nitrogens with zero attached hydrogens (tertiary/aromatic N) is 3. The maximum atomic E-state index is 12.4. The quantitative estimate of drug-likeness (QED) is 0.124. The zero-order valence-electron chi connectivity index (χ0n) is 21.1. The SMILES string of the molecule is CC(C)(C)c1cnc(CSc2cnc(NC(=O)CCCCc3cccc(N(CCCl)CCCl)c3)s2)o1. The summed E-state index contributed by atoms with van der Waals surface area (Å²) in [6.45, 7) is 7.84. The Labute approximate surface area is 232 Å². The summed E-state index contributed by atoms with van der Waals surface area (Å²) >= 11 is 14.9. The molecule has 0 atom stereocenters. The first-order valence-electron chi connectivity index (χ1n) is 12.1. The molecule has 2 aromatic heterocycles. The van der Waals surface area contributed by atoms with E-state index >= 15 is 0 Å². The van der Waals surface area contributed by atoms with E-state index in [0.717, 1.165) is 48.0 Å². The lowest BCUT2D eigenvalue weighted by molar-refractivity contribution is -0.116. The van der Waals surface area contributed by atoms with E-state index in [1.54, 1.807) is 24.2 Å².